The number of hydrogen-bond donors (Lipinski definition) is 4. The molecule has 4 N–H and O–H groups in total. The van der Waals surface area contributed by atoms with Crippen LogP contribution in [0.15, 0.2) is 0 Å². The van der Waals surface area contributed by atoms with Gasteiger partial charge in [0.1, 0.15) is 12.2 Å². The van der Waals surface area contributed by atoms with E-state index in [0.717, 1.165) is 18.1 Å². The third-order valence-corrected chi connectivity index (χ3v) is 7.96. The Bertz CT molecular complexity index is 424. The third kappa shape index (κ3) is 6.85. The Labute approximate surface area is 162 Å². The molecule has 0 aliphatic carbocycles. The van der Waals surface area contributed by atoms with E-state index in [4.69, 9.17) is 4.74 Å². The molecule has 26 heavy (non-hydrogen) atoms. The first-order valence-electron chi connectivity index (χ1n) is 9.36. The van der Waals surface area contributed by atoms with E-state index in [1.807, 2.05) is 21.6 Å². The first kappa shape index (κ1) is 22.3. The van der Waals surface area contributed by atoms with E-state index < -0.39 is 24.4 Å². The van der Waals surface area contributed by atoms with E-state index in [-0.39, 0.29) is 25.7 Å². The highest BCUT2D eigenvalue weighted by Gasteiger charge is 2.40. The van der Waals surface area contributed by atoms with Crippen molar-refractivity contribution in [1.29, 1.82) is 0 Å². The Balaban J connectivity index is 1.55. The van der Waals surface area contributed by atoms with Crippen LogP contribution < -0.4 is 0 Å². The Kier molecular flexibility index (Phi) is 10.0. The smallest absolute Gasteiger partial charge is 0.305 e. The molecule has 2 aliphatic rings. The maximum atomic E-state index is 11.8. The number of hydrogen-bond acceptors (Lipinski definition) is 9. The van der Waals surface area contributed by atoms with Crippen LogP contribution in [0, 0.1) is 0 Å². The molecular formula is C17H31NO6S2. The van der Waals surface area contributed by atoms with Gasteiger partial charge in [-0.1, -0.05) is 28.0 Å². The highest BCUT2D eigenvalue weighted by molar-refractivity contribution is 8.77. The summed E-state index contributed by atoms with van der Waals surface area (Å²) in [5, 5.41) is 39.5. The van der Waals surface area contributed by atoms with Crippen molar-refractivity contribution >= 4 is 27.6 Å². The van der Waals surface area contributed by atoms with Crippen molar-refractivity contribution in [3.63, 3.8) is 0 Å². The largest absolute Gasteiger partial charge is 0.466 e. The van der Waals surface area contributed by atoms with Gasteiger partial charge in [0.2, 0.25) is 0 Å². The van der Waals surface area contributed by atoms with Gasteiger partial charge in [-0.3, -0.25) is 9.69 Å². The van der Waals surface area contributed by atoms with E-state index in [2.05, 4.69) is 0 Å². The number of β-amino-alcohol motifs (C(OH)–C–C–N with tert-alkyl or cyclic N) is 1. The molecule has 0 spiro atoms. The molecule has 3 unspecified atom stereocenters. The predicted molar refractivity (Wildman–Crippen MR) is 103 cm³/mol. The maximum Gasteiger partial charge on any atom is 0.305 e. The van der Waals surface area contributed by atoms with Gasteiger partial charge in [-0.2, -0.15) is 0 Å². The third-order valence-electron chi connectivity index (χ3n) is 4.95. The Morgan fingerprint density at radius 3 is 2.65 bits per heavy atom. The number of carbonyl (C=O) groups is 1. The molecule has 2 aliphatic heterocycles. The Morgan fingerprint density at radius 2 is 1.96 bits per heavy atom. The van der Waals surface area contributed by atoms with Gasteiger partial charge in [0, 0.05) is 30.5 Å². The standard InChI is InChI=1S/C17H31NO6S2/c19-11-13-16(22)17(23)14(20)10-18(13)7-3-8-24-15(21)5-2-1-4-12-6-9-25-26-12/h12-14,16-17,19-20,22-23H,1-11H2/t12-,13?,14?,16-,17?/m1/s1. The highest BCUT2D eigenvalue weighted by atomic mass is 33.1. The summed E-state index contributed by atoms with van der Waals surface area (Å²) in [6, 6.07) is -0.615. The first-order valence-corrected chi connectivity index (χ1v) is 11.7. The summed E-state index contributed by atoms with van der Waals surface area (Å²) in [5.74, 6) is 1.05. The summed E-state index contributed by atoms with van der Waals surface area (Å²) in [6.45, 7) is 0.616. The molecule has 2 rings (SSSR count). The number of nitrogens with zero attached hydrogens (tertiary/aromatic N) is 1. The van der Waals surface area contributed by atoms with Crippen LogP contribution in [0.25, 0.3) is 0 Å². The first-order chi connectivity index (χ1) is 12.5. The molecule has 0 amide bonds. The molecule has 7 nitrogen and oxygen atoms in total. The van der Waals surface area contributed by atoms with E-state index >= 15 is 0 Å². The zero-order valence-corrected chi connectivity index (χ0v) is 16.7. The number of aliphatic hydroxyl groups excluding tert-OH is 4. The topological polar surface area (TPSA) is 110 Å². The number of likely N-dealkylation sites (tertiary alicyclic amines) is 1. The number of esters is 1. The van der Waals surface area contributed by atoms with Crippen LogP contribution in [0.4, 0.5) is 0 Å². The lowest BCUT2D eigenvalue weighted by Gasteiger charge is -2.43. The van der Waals surface area contributed by atoms with Crippen molar-refractivity contribution in [3.05, 3.63) is 0 Å². The zero-order chi connectivity index (χ0) is 18.9. The summed E-state index contributed by atoms with van der Waals surface area (Å²) < 4.78 is 5.24. The van der Waals surface area contributed by atoms with Gasteiger partial charge in [-0.15, -0.1) is 0 Å². The van der Waals surface area contributed by atoms with Crippen LogP contribution >= 0.6 is 21.6 Å². The average Bonchev–Trinajstić information content (AvgIpc) is 3.14. The summed E-state index contributed by atoms with van der Waals surface area (Å²) in [4.78, 5) is 13.5. The molecule has 0 saturated carbocycles. The lowest BCUT2D eigenvalue weighted by Crippen LogP contribution is -2.62. The van der Waals surface area contributed by atoms with Crippen LogP contribution in [-0.2, 0) is 9.53 Å². The van der Waals surface area contributed by atoms with Crippen LogP contribution in [0.1, 0.15) is 38.5 Å². The fourth-order valence-electron chi connectivity index (χ4n) is 3.37. The van der Waals surface area contributed by atoms with Crippen LogP contribution in [0.3, 0.4) is 0 Å². The SMILES string of the molecule is O=C(CCCC[C@@H]1CCSS1)OCCCN1CC(O)C(O)[C@H](O)C1CO. The van der Waals surface area contributed by atoms with Gasteiger partial charge in [0.15, 0.2) is 0 Å². The Hall–Kier alpha value is -0.0300. The van der Waals surface area contributed by atoms with Crippen molar-refractivity contribution in [1.82, 2.24) is 4.90 Å². The van der Waals surface area contributed by atoms with Crippen molar-refractivity contribution in [3.8, 4) is 0 Å². The average molecular weight is 410 g/mol. The lowest BCUT2D eigenvalue weighted by atomic mass is 9.94. The molecule has 2 fully saturated rings. The van der Waals surface area contributed by atoms with E-state index in [1.54, 1.807) is 4.90 Å². The van der Waals surface area contributed by atoms with E-state index in [0.29, 0.717) is 19.4 Å². The zero-order valence-electron chi connectivity index (χ0n) is 15.0. The number of aliphatic hydroxyl groups is 4. The molecule has 9 heteroatoms. The molecule has 2 saturated heterocycles. The molecule has 152 valence electrons. The molecule has 0 radical (unpaired) electrons. The lowest BCUT2D eigenvalue weighted by molar-refractivity contribution is -0.149. The van der Waals surface area contributed by atoms with Crippen molar-refractivity contribution in [2.24, 2.45) is 0 Å². The van der Waals surface area contributed by atoms with Gasteiger partial charge < -0.3 is 25.2 Å². The summed E-state index contributed by atoms with van der Waals surface area (Å²) in [5.41, 5.74) is 0. The van der Waals surface area contributed by atoms with Crippen molar-refractivity contribution in [2.75, 3.05) is 32.1 Å². The normalized spacial score (nSPS) is 32.7. The van der Waals surface area contributed by atoms with Crippen molar-refractivity contribution in [2.45, 2.75) is 68.1 Å². The number of unbranched alkanes of at least 4 members (excludes halogenated alkanes) is 1. The summed E-state index contributed by atoms with van der Waals surface area (Å²) in [6.07, 6.45) is 1.85. The fraction of sp³-hybridized carbons (Fsp3) is 0.941. The summed E-state index contributed by atoms with van der Waals surface area (Å²) in [7, 11) is 3.89. The molecular weight excluding hydrogens is 378 g/mol. The second kappa shape index (κ2) is 11.7. The van der Waals surface area contributed by atoms with Gasteiger partial charge in [-0.25, -0.2) is 0 Å². The van der Waals surface area contributed by atoms with E-state index in [9.17, 15) is 25.2 Å². The van der Waals surface area contributed by atoms with Gasteiger partial charge in [-0.05, 0) is 25.7 Å². The minimum Gasteiger partial charge on any atom is -0.466 e. The van der Waals surface area contributed by atoms with Crippen LogP contribution in [0.5, 0.6) is 0 Å². The molecule has 0 aromatic carbocycles. The van der Waals surface area contributed by atoms with E-state index in [1.165, 1.54) is 18.6 Å². The number of rotatable bonds is 10. The van der Waals surface area contributed by atoms with Gasteiger partial charge in [0.25, 0.3) is 0 Å². The quantitative estimate of drug-likeness (QED) is 0.231. The summed E-state index contributed by atoms with van der Waals surface area (Å²) >= 11 is 0. The highest BCUT2D eigenvalue weighted by Crippen LogP contribution is 2.39. The van der Waals surface area contributed by atoms with Crippen LogP contribution in [0.2, 0.25) is 0 Å². The molecule has 0 aromatic heterocycles. The van der Waals surface area contributed by atoms with Gasteiger partial charge >= 0.3 is 5.97 Å². The minimum absolute atomic E-state index is 0.175. The second-order valence-electron chi connectivity index (χ2n) is 6.94. The number of carbonyl (C=O) groups excluding carboxylic acids is 1. The monoisotopic (exact) mass is 409 g/mol. The van der Waals surface area contributed by atoms with Gasteiger partial charge in [0.05, 0.1) is 25.4 Å². The Morgan fingerprint density at radius 1 is 1.15 bits per heavy atom. The fourth-order valence-corrected chi connectivity index (χ4v) is 6.39. The molecule has 5 atom stereocenters. The number of piperidine rings is 1. The second-order valence-corrected chi connectivity index (χ2v) is 9.73. The van der Waals surface area contributed by atoms with Crippen LogP contribution in [-0.4, -0.2) is 93.0 Å². The molecule has 0 bridgehead atoms. The minimum atomic E-state index is -1.25. The predicted octanol–water partition coefficient (Wildman–Crippen LogP) is 0.393. The maximum absolute atomic E-state index is 11.8. The number of ether oxygens (including phenoxy) is 1. The molecule has 0 aromatic rings. The van der Waals surface area contributed by atoms with Crippen molar-refractivity contribution < 1.29 is 30.0 Å². The molecule has 2 heterocycles.